The van der Waals surface area contributed by atoms with Crippen LogP contribution in [0.4, 0.5) is 10.5 Å². The molecule has 2 aliphatic rings. The van der Waals surface area contributed by atoms with Crippen molar-refractivity contribution in [3.63, 3.8) is 0 Å². The molecule has 1 aliphatic carbocycles. The molecule has 1 N–H and O–H groups in total. The number of hydrogen-bond acceptors (Lipinski definition) is 3. The smallest absolute Gasteiger partial charge is 0.323 e. The molecule has 6 nitrogen and oxygen atoms in total. The van der Waals surface area contributed by atoms with Crippen molar-refractivity contribution in [3.8, 4) is 0 Å². The van der Waals surface area contributed by atoms with Gasteiger partial charge in [0.25, 0.3) is 5.91 Å². The number of rotatable bonds is 4. The maximum Gasteiger partial charge on any atom is 0.327 e. The zero-order chi connectivity index (χ0) is 15.9. The van der Waals surface area contributed by atoms with Gasteiger partial charge in [-0.25, -0.2) is 4.79 Å². The van der Waals surface area contributed by atoms with Crippen LogP contribution in [-0.2, 0) is 9.59 Å². The van der Waals surface area contributed by atoms with E-state index < -0.39 is 0 Å². The first-order valence-electron chi connectivity index (χ1n) is 7.12. The van der Waals surface area contributed by atoms with Crippen LogP contribution in [0, 0.1) is 6.92 Å². The zero-order valence-corrected chi connectivity index (χ0v) is 13.7. The molecule has 3 rings (SSSR count). The molecule has 116 valence electrons. The van der Waals surface area contributed by atoms with Gasteiger partial charge in [0, 0.05) is 10.5 Å². The number of anilines is 1. The molecule has 7 heteroatoms. The lowest BCUT2D eigenvalue weighted by molar-refractivity contribution is -0.129. The fraction of sp³-hybridized carbons (Fsp3) is 0.400. The molecule has 1 saturated carbocycles. The lowest BCUT2D eigenvalue weighted by atomic mass is 10.2. The van der Waals surface area contributed by atoms with Crippen LogP contribution < -0.4 is 5.32 Å². The van der Waals surface area contributed by atoms with E-state index in [9.17, 15) is 14.4 Å². The van der Waals surface area contributed by atoms with Gasteiger partial charge in [-0.1, -0.05) is 6.07 Å². The van der Waals surface area contributed by atoms with Gasteiger partial charge in [-0.3, -0.25) is 14.5 Å². The van der Waals surface area contributed by atoms with Crippen molar-refractivity contribution in [3.05, 3.63) is 28.2 Å². The SMILES string of the molecule is Cc1ccc(NC(=O)CN2C(=O)CN(C3CC3)C2=O)c(Br)c1. The Kier molecular flexibility index (Phi) is 3.90. The summed E-state index contributed by atoms with van der Waals surface area (Å²) in [6, 6.07) is 5.36. The van der Waals surface area contributed by atoms with Gasteiger partial charge in [-0.05, 0) is 53.4 Å². The van der Waals surface area contributed by atoms with E-state index in [2.05, 4.69) is 21.2 Å². The van der Waals surface area contributed by atoms with Crippen molar-refractivity contribution < 1.29 is 14.4 Å². The second kappa shape index (κ2) is 5.72. The monoisotopic (exact) mass is 365 g/mol. The molecule has 0 unspecified atom stereocenters. The number of carbonyl (C=O) groups excluding carboxylic acids is 3. The molecule has 1 saturated heterocycles. The highest BCUT2D eigenvalue weighted by Crippen LogP contribution is 2.30. The summed E-state index contributed by atoms with van der Waals surface area (Å²) in [6.45, 7) is 1.79. The number of hydrogen-bond donors (Lipinski definition) is 1. The lowest BCUT2D eigenvalue weighted by Gasteiger charge is -2.16. The third-order valence-corrected chi connectivity index (χ3v) is 4.43. The third kappa shape index (κ3) is 2.99. The molecule has 0 bridgehead atoms. The summed E-state index contributed by atoms with van der Waals surface area (Å²) in [5.41, 5.74) is 1.68. The van der Waals surface area contributed by atoms with Crippen LogP contribution in [0.5, 0.6) is 0 Å². The highest BCUT2D eigenvalue weighted by molar-refractivity contribution is 9.10. The molecule has 4 amide bonds. The van der Waals surface area contributed by atoms with E-state index in [-0.39, 0.29) is 37.0 Å². The Labute approximate surface area is 136 Å². The fourth-order valence-corrected chi connectivity index (χ4v) is 3.03. The van der Waals surface area contributed by atoms with Gasteiger partial charge in [0.05, 0.1) is 5.69 Å². The van der Waals surface area contributed by atoms with E-state index in [0.29, 0.717) is 5.69 Å². The maximum atomic E-state index is 12.1. The highest BCUT2D eigenvalue weighted by Gasteiger charge is 2.44. The Balaban J connectivity index is 1.64. The minimum absolute atomic E-state index is 0.0883. The summed E-state index contributed by atoms with van der Waals surface area (Å²) < 4.78 is 0.763. The van der Waals surface area contributed by atoms with E-state index in [1.165, 1.54) is 0 Å². The van der Waals surface area contributed by atoms with Crippen molar-refractivity contribution in [1.29, 1.82) is 0 Å². The van der Waals surface area contributed by atoms with Gasteiger partial charge >= 0.3 is 6.03 Å². The Morgan fingerprint density at radius 1 is 1.36 bits per heavy atom. The van der Waals surface area contributed by atoms with Gasteiger partial charge in [0.1, 0.15) is 13.1 Å². The molecule has 0 spiro atoms. The number of urea groups is 1. The number of amides is 4. The average Bonchev–Trinajstić information content (AvgIpc) is 3.25. The van der Waals surface area contributed by atoms with E-state index in [0.717, 1.165) is 27.8 Å². The van der Waals surface area contributed by atoms with Crippen LogP contribution in [0.15, 0.2) is 22.7 Å². The van der Waals surface area contributed by atoms with Crippen LogP contribution in [0.25, 0.3) is 0 Å². The molecular formula is C15H16BrN3O3. The molecule has 1 aromatic rings. The third-order valence-electron chi connectivity index (χ3n) is 3.77. The first kappa shape index (κ1) is 15.0. The second-order valence-electron chi connectivity index (χ2n) is 5.65. The van der Waals surface area contributed by atoms with Gasteiger partial charge in [0.15, 0.2) is 0 Å². The van der Waals surface area contributed by atoms with Crippen molar-refractivity contribution >= 4 is 39.5 Å². The van der Waals surface area contributed by atoms with E-state index in [4.69, 9.17) is 0 Å². The summed E-state index contributed by atoms with van der Waals surface area (Å²) in [7, 11) is 0. The largest absolute Gasteiger partial charge is 0.327 e. The summed E-state index contributed by atoms with van der Waals surface area (Å²) in [5.74, 6) is -0.695. The highest BCUT2D eigenvalue weighted by atomic mass is 79.9. The Morgan fingerprint density at radius 2 is 2.09 bits per heavy atom. The molecule has 1 aliphatic heterocycles. The second-order valence-corrected chi connectivity index (χ2v) is 6.51. The molecule has 0 atom stereocenters. The number of nitrogens with one attached hydrogen (secondary N) is 1. The Hall–Kier alpha value is -1.89. The minimum atomic E-state index is -0.385. The van der Waals surface area contributed by atoms with Crippen LogP contribution in [0.2, 0.25) is 0 Å². The molecule has 0 aromatic heterocycles. The number of halogens is 1. The van der Waals surface area contributed by atoms with Crippen molar-refractivity contribution in [2.75, 3.05) is 18.4 Å². The van der Waals surface area contributed by atoms with Gasteiger partial charge in [0.2, 0.25) is 5.91 Å². The molecule has 2 fully saturated rings. The number of aryl methyl sites for hydroxylation is 1. The predicted octanol–water partition coefficient (Wildman–Crippen LogP) is 2.12. The number of benzene rings is 1. The van der Waals surface area contributed by atoms with Gasteiger partial charge in [-0.15, -0.1) is 0 Å². The van der Waals surface area contributed by atoms with Crippen LogP contribution in [0.1, 0.15) is 18.4 Å². The molecule has 22 heavy (non-hydrogen) atoms. The Morgan fingerprint density at radius 3 is 2.73 bits per heavy atom. The summed E-state index contributed by atoms with van der Waals surface area (Å²) in [6.07, 6.45) is 1.88. The first-order chi connectivity index (χ1) is 10.5. The normalized spacial score (nSPS) is 18.1. The topological polar surface area (TPSA) is 69.7 Å². The van der Waals surface area contributed by atoms with Crippen LogP contribution >= 0.6 is 15.9 Å². The van der Waals surface area contributed by atoms with E-state index >= 15 is 0 Å². The molecule has 1 heterocycles. The molecular weight excluding hydrogens is 350 g/mol. The van der Waals surface area contributed by atoms with Gasteiger partial charge in [-0.2, -0.15) is 0 Å². The summed E-state index contributed by atoms with van der Waals surface area (Å²) >= 11 is 3.38. The fourth-order valence-electron chi connectivity index (χ4n) is 2.44. The van der Waals surface area contributed by atoms with Crippen LogP contribution in [0.3, 0.4) is 0 Å². The first-order valence-corrected chi connectivity index (χ1v) is 7.92. The maximum absolute atomic E-state index is 12.1. The number of carbonyl (C=O) groups is 3. The number of nitrogens with zero attached hydrogens (tertiary/aromatic N) is 2. The summed E-state index contributed by atoms with van der Waals surface area (Å²) in [5, 5.41) is 2.71. The number of imide groups is 1. The molecule has 1 aromatic carbocycles. The zero-order valence-electron chi connectivity index (χ0n) is 12.1. The standard InChI is InChI=1S/C15H16BrN3O3/c1-9-2-5-12(11(16)6-9)17-13(20)7-19-14(21)8-18(15(19)22)10-3-4-10/h2,5-6,10H,3-4,7-8H2,1H3,(H,17,20). The predicted molar refractivity (Wildman–Crippen MR) is 84.3 cm³/mol. The minimum Gasteiger partial charge on any atom is -0.323 e. The van der Waals surface area contributed by atoms with Crippen molar-refractivity contribution in [2.24, 2.45) is 0 Å². The van der Waals surface area contributed by atoms with E-state index in [1.54, 1.807) is 11.0 Å². The van der Waals surface area contributed by atoms with Crippen molar-refractivity contribution in [2.45, 2.75) is 25.8 Å². The Bertz CT molecular complexity index is 657. The molecule has 0 radical (unpaired) electrons. The lowest BCUT2D eigenvalue weighted by Crippen LogP contribution is -2.39. The summed E-state index contributed by atoms with van der Waals surface area (Å²) in [4.78, 5) is 38.7. The van der Waals surface area contributed by atoms with Crippen LogP contribution in [-0.4, -0.2) is 46.8 Å². The van der Waals surface area contributed by atoms with Crippen molar-refractivity contribution in [1.82, 2.24) is 9.80 Å². The average molecular weight is 366 g/mol. The van der Waals surface area contributed by atoms with E-state index in [1.807, 2.05) is 19.1 Å². The van der Waals surface area contributed by atoms with Gasteiger partial charge < -0.3 is 10.2 Å². The quantitative estimate of drug-likeness (QED) is 0.830.